The van der Waals surface area contributed by atoms with Crippen LogP contribution in [-0.4, -0.2) is 38.0 Å². The van der Waals surface area contributed by atoms with E-state index in [4.69, 9.17) is 0 Å². The van der Waals surface area contributed by atoms with Gasteiger partial charge < -0.3 is 5.32 Å². The van der Waals surface area contributed by atoms with Gasteiger partial charge in [-0.25, -0.2) is 0 Å². The number of aryl methyl sites for hydroxylation is 2. The Balaban J connectivity index is 1.17. The molecular formula is C23H22N6O2S4. The van der Waals surface area contributed by atoms with E-state index in [9.17, 15) is 9.59 Å². The molecule has 2 N–H and O–H groups in total. The summed E-state index contributed by atoms with van der Waals surface area (Å²) in [5.41, 5.74) is 3.55. The molecule has 0 aliphatic carbocycles. The van der Waals surface area contributed by atoms with Crippen LogP contribution >= 0.6 is 46.2 Å². The van der Waals surface area contributed by atoms with Gasteiger partial charge in [0.1, 0.15) is 0 Å². The Morgan fingerprint density at radius 2 is 1.46 bits per heavy atom. The average molecular weight is 543 g/mol. The Kier molecular flexibility index (Phi) is 9.23. The van der Waals surface area contributed by atoms with Crippen molar-refractivity contribution in [1.29, 1.82) is 0 Å². The molecule has 0 fully saturated rings. The van der Waals surface area contributed by atoms with Gasteiger partial charge in [0, 0.05) is 12.2 Å². The molecule has 0 aliphatic heterocycles. The summed E-state index contributed by atoms with van der Waals surface area (Å²) in [6.07, 6.45) is 1.02. The van der Waals surface area contributed by atoms with Crippen LogP contribution in [0.2, 0.25) is 0 Å². The Morgan fingerprint density at radius 3 is 2.17 bits per heavy atom. The normalized spacial score (nSPS) is 10.8. The Morgan fingerprint density at radius 1 is 0.800 bits per heavy atom. The predicted octanol–water partition coefficient (Wildman–Crippen LogP) is 5.29. The Hall–Kier alpha value is -2.80. The van der Waals surface area contributed by atoms with Crippen molar-refractivity contribution in [3.05, 3.63) is 71.3 Å². The van der Waals surface area contributed by atoms with E-state index in [0.29, 0.717) is 27.4 Å². The largest absolute Gasteiger partial charge is 0.300 e. The first kappa shape index (κ1) is 25.3. The summed E-state index contributed by atoms with van der Waals surface area (Å²) >= 11 is 5.43. The molecule has 12 heteroatoms. The molecule has 2 aromatic carbocycles. The predicted molar refractivity (Wildman–Crippen MR) is 143 cm³/mol. The summed E-state index contributed by atoms with van der Waals surface area (Å²) in [6, 6.07) is 18.2. The first-order valence-corrected chi connectivity index (χ1v) is 14.3. The number of hydrogen-bond donors (Lipinski definition) is 2. The second-order valence-corrected chi connectivity index (χ2v) is 11.8. The summed E-state index contributed by atoms with van der Waals surface area (Å²) in [5.74, 6) is 0.626. The number of thioether (sulfide) groups is 2. The number of carbonyl (C=O) groups excluding carboxylic acids is 2. The SMILES string of the molecule is Cc1cccc(CSc2nnc(NC(=O)CSc3nnc(NC(=O)CCc4ccccc4)s3)s2)c1. The zero-order valence-electron chi connectivity index (χ0n) is 18.8. The van der Waals surface area contributed by atoms with Crippen molar-refractivity contribution in [2.75, 3.05) is 16.4 Å². The van der Waals surface area contributed by atoms with E-state index < -0.39 is 0 Å². The summed E-state index contributed by atoms with van der Waals surface area (Å²) < 4.78 is 1.40. The Bertz CT molecular complexity index is 1280. The quantitative estimate of drug-likeness (QED) is 0.194. The molecular weight excluding hydrogens is 521 g/mol. The molecule has 0 spiro atoms. The second-order valence-electron chi connectivity index (χ2n) is 7.39. The lowest BCUT2D eigenvalue weighted by Gasteiger charge is -2.01. The third-order valence-electron chi connectivity index (χ3n) is 4.56. The lowest BCUT2D eigenvalue weighted by Crippen LogP contribution is -2.13. The molecule has 0 bridgehead atoms. The lowest BCUT2D eigenvalue weighted by molar-refractivity contribution is -0.116. The summed E-state index contributed by atoms with van der Waals surface area (Å²) in [6.45, 7) is 2.07. The van der Waals surface area contributed by atoms with Crippen LogP contribution in [0.3, 0.4) is 0 Å². The maximum absolute atomic E-state index is 12.3. The van der Waals surface area contributed by atoms with Gasteiger partial charge in [-0.15, -0.1) is 20.4 Å². The van der Waals surface area contributed by atoms with Crippen LogP contribution < -0.4 is 10.6 Å². The fourth-order valence-corrected chi connectivity index (χ4v) is 6.23. The van der Waals surface area contributed by atoms with E-state index in [1.54, 1.807) is 11.8 Å². The topological polar surface area (TPSA) is 110 Å². The second kappa shape index (κ2) is 12.8. The fourth-order valence-electron chi connectivity index (χ4n) is 2.95. The van der Waals surface area contributed by atoms with E-state index in [-0.39, 0.29) is 17.6 Å². The third kappa shape index (κ3) is 8.42. The molecule has 4 rings (SSSR count). The minimum absolute atomic E-state index is 0.119. The maximum Gasteiger partial charge on any atom is 0.236 e. The molecule has 0 atom stereocenters. The highest BCUT2D eigenvalue weighted by Gasteiger charge is 2.13. The van der Waals surface area contributed by atoms with Gasteiger partial charge in [0.05, 0.1) is 5.75 Å². The number of nitrogens with zero attached hydrogens (tertiary/aromatic N) is 4. The van der Waals surface area contributed by atoms with Crippen molar-refractivity contribution in [3.63, 3.8) is 0 Å². The highest BCUT2D eigenvalue weighted by molar-refractivity contribution is 8.01. The van der Waals surface area contributed by atoms with Gasteiger partial charge in [-0.1, -0.05) is 106 Å². The van der Waals surface area contributed by atoms with E-state index in [1.807, 2.05) is 36.4 Å². The smallest absolute Gasteiger partial charge is 0.236 e. The highest BCUT2D eigenvalue weighted by Crippen LogP contribution is 2.29. The van der Waals surface area contributed by atoms with Gasteiger partial charge in [0.25, 0.3) is 0 Å². The van der Waals surface area contributed by atoms with Crippen LogP contribution in [0.25, 0.3) is 0 Å². The number of nitrogens with one attached hydrogen (secondary N) is 2. The van der Waals surface area contributed by atoms with Gasteiger partial charge in [-0.05, 0) is 24.5 Å². The number of anilines is 2. The number of benzene rings is 2. The van der Waals surface area contributed by atoms with Crippen LogP contribution in [0.15, 0.2) is 63.3 Å². The summed E-state index contributed by atoms with van der Waals surface area (Å²) in [5, 5.41) is 22.6. The van der Waals surface area contributed by atoms with Crippen molar-refractivity contribution in [3.8, 4) is 0 Å². The molecule has 0 saturated heterocycles. The maximum atomic E-state index is 12.3. The van der Waals surface area contributed by atoms with Gasteiger partial charge in [-0.2, -0.15) is 0 Å². The molecule has 8 nitrogen and oxygen atoms in total. The highest BCUT2D eigenvalue weighted by atomic mass is 32.2. The zero-order chi connectivity index (χ0) is 24.5. The van der Waals surface area contributed by atoms with Crippen LogP contribution in [0.5, 0.6) is 0 Å². The molecule has 2 aromatic heterocycles. The van der Waals surface area contributed by atoms with E-state index in [0.717, 1.165) is 15.7 Å². The van der Waals surface area contributed by atoms with E-state index in [2.05, 4.69) is 56.2 Å². The van der Waals surface area contributed by atoms with Crippen LogP contribution in [0.4, 0.5) is 10.3 Å². The Labute approximate surface area is 219 Å². The molecule has 0 aliphatic rings. The number of aromatic nitrogens is 4. The molecule has 0 saturated carbocycles. The standard InChI is InChI=1S/C23H22N6O2S4/c1-15-6-5-9-17(12-15)13-32-22-28-27-21(35-22)25-19(31)14-33-23-29-26-20(34-23)24-18(30)11-10-16-7-3-2-4-8-16/h2-9,12H,10-11,13-14H2,1H3,(H,24,26,30)(H,25,27,31). The summed E-state index contributed by atoms with van der Waals surface area (Å²) in [7, 11) is 0. The van der Waals surface area contributed by atoms with Gasteiger partial charge >= 0.3 is 0 Å². The monoisotopic (exact) mass is 542 g/mol. The van der Waals surface area contributed by atoms with Crippen LogP contribution in [0.1, 0.15) is 23.1 Å². The van der Waals surface area contributed by atoms with Gasteiger partial charge in [-0.3, -0.25) is 14.9 Å². The molecule has 0 radical (unpaired) electrons. The number of hydrogen-bond acceptors (Lipinski definition) is 10. The summed E-state index contributed by atoms with van der Waals surface area (Å²) in [4.78, 5) is 24.5. The molecule has 2 heterocycles. The van der Waals surface area contributed by atoms with E-state index >= 15 is 0 Å². The molecule has 4 aromatic rings. The van der Waals surface area contributed by atoms with Crippen molar-refractivity contribution >= 4 is 68.3 Å². The molecule has 180 valence electrons. The number of amides is 2. The molecule has 0 unspecified atom stereocenters. The van der Waals surface area contributed by atoms with Crippen molar-refractivity contribution in [1.82, 2.24) is 20.4 Å². The third-order valence-corrected chi connectivity index (χ3v) is 8.58. The van der Waals surface area contributed by atoms with Crippen molar-refractivity contribution in [2.45, 2.75) is 34.2 Å². The number of carbonyl (C=O) groups is 2. The van der Waals surface area contributed by atoms with Gasteiger partial charge in [0.15, 0.2) is 8.68 Å². The first-order chi connectivity index (χ1) is 17.0. The van der Waals surface area contributed by atoms with E-state index in [1.165, 1.54) is 45.6 Å². The minimum Gasteiger partial charge on any atom is -0.300 e. The lowest BCUT2D eigenvalue weighted by atomic mass is 10.1. The molecule has 35 heavy (non-hydrogen) atoms. The van der Waals surface area contributed by atoms with Crippen LogP contribution in [0, 0.1) is 6.92 Å². The van der Waals surface area contributed by atoms with Crippen molar-refractivity contribution in [2.24, 2.45) is 0 Å². The number of rotatable bonds is 11. The fraction of sp³-hybridized carbons (Fsp3) is 0.217. The molecule has 2 amide bonds. The average Bonchev–Trinajstić information content (AvgIpc) is 3.50. The first-order valence-electron chi connectivity index (χ1n) is 10.7. The van der Waals surface area contributed by atoms with Crippen LogP contribution in [-0.2, 0) is 21.8 Å². The van der Waals surface area contributed by atoms with Gasteiger partial charge in [0.2, 0.25) is 22.1 Å². The zero-order valence-corrected chi connectivity index (χ0v) is 22.0. The van der Waals surface area contributed by atoms with Crippen molar-refractivity contribution < 1.29 is 9.59 Å². The minimum atomic E-state index is -0.204.